The molecule has 3 rings (SSSR count). The molecular weight excluding hydrogens is 324 g/mol. The molecular formula is C13H12N4OS3. The second-order valence-corrected chi connectivity index (χ2v) is 7.47. The molecule has 0 aliphatic carbocycles. The monoisotopic (exact) mass is 336 g/mol. The van der Waals surface area contributed by atoms with Crippen LogP contribution in [0.2, 0.25) is 0 Å². The molecule has 0 unspecified atom stereocenters. The molecule has 0 atom stereocenters. The molecule has 0 amide bonds. The zero-order valence-electron chi connectivity index (χ0n) is 11.4. The van der Waals surface area contributed by atoms with Crippen LogP contribution in [0.25, 0.3) is 11.5 Å². The Balaban J connectivity index is 1.67. The Hall–Kier alpha value is -1.38. The Kier molecular flexibility index (Phi) is 4.57. The minimum atomic E-state index is 0.552. The lowest BCUT2D eigenvalue weighted by molar-refractivity contribution is 0.425. The number of thioether (sulfide) groups is 2. The number of aryl methyl sites for hydroxylation is 1. The molecule has 0 bridgehead atoms. The highest BCUT2D eigenvalue weighted by Crippen LogP contribution is 2.29. The van der Waals surface area contributed by atoms with Crippen molar-refractivity contribution in [2.45, 2.75) is 21.4 Å². The van der Waals surface area contributed by atoms with Crippen LogP contribution in [-0.2, 0) is 5.75 Å². The maximum absolute atomic E-state index is 5.31. The van der Waals surface area contributed by atoms with E-state index in [-0.39, 0.29) is 0 Å². The smallest absolute Gasteiger partial charge is 0.257 e. The Morgan fingerprint density at radius 1 is 1.24 bits per heavy atom. The fourth-order valence-corrected chi connectivity index (χ4v) is 3.95. The number of nitrogens with zero attached hydrogens (tertiary/aromatic N) is 4. The summed E-state index contributed by atoms with van der Waals surface area (Å²) in [4.78, 5) is 4.42. The predicted molar refractivity (Wildman–Crippen MR) is 85.7 cm³/mol. The van der Waals surface area contributed by atoms with Gasteiger partial charge in [-0.3, -0.25) is 0 Å². The minimum Gasteiger partial charge on any atom is -0.334 e. The van der Waals surface area contributed by atoms with Crippen LogP contribution < -0.4 is 0 Å². The zero-order chi connectivity index (χ0) is 14.7. The van der Waals surface area contributed by atoms with Crippen molar-refractivity contribution in [1.29, 1.82) is 0 Å². The van der Waals surface area contributed by atoms with E-state index in [1.807, 2.05) is 37.4 Å². The van der Waals surface area contributed by atoms with Crippen LogP contribution in [0.5, 0.6) is 0 Å². The van der Waals surface area contributed by atoms with E-state index in [1.165, 1.54) is 5.56 Å². The summed E-state index contributed by atoms with van der Waals surface area (Å²) in [5.41, 5.74) is 2.11. The molecule has 0 saturated heterocycles. The average Bonchev–Trinajstić information content (AvgIpc) is 3.14. The van der Waals surface area contributed by atoms with E-state index in [9.17, 15) is 0 Å². The first-order valence-corrected chi connectivity index (χ1v) is 9.17. The summed E-state index contributed by atoms with van der Waals surface area (Å²) in [6, 6.07) is 8.01. The average molecular weight is 336 g/mol. The number of hydrogen-bond donors (Lipinski definition) is 0. The summed E-state index contributed by atoms with van der Waals surface area (Å²) in [5.74, 6) is 1.84. The molecule has 2 aromatic heterocycles. The lowest BCUT2D eigenvalue weighted by Crippen LogP contribution is -1.84. The van der Waals surface area contributed by atoms with Gasteiger partial charge in [0.1, 0.15) is 0 Å². The van der Waals surface area contributed by atoms with Gasteiger partial charge in [0.05, 0.1) is 5.75 Å². The molecule has 5 nitrogen and oxygen atoms in total. The van der Waals surface area contributed by atoms with Crippen molar-refractivity contribution in [1.82, 2.24) is 20.3 Å². The van der Waals surface area contributed by atoms with Crippen molar-refractivity contribution in [3.8, 4) is 11.5 Å². The molecule has 0 aliphatic heterocycles. The molecule has 108 valence electrons. The van der Waals surface area contributed by atoms with Crippen molar-refractivity contribution in [3.05, 3.63) is 35.7 Å². The van der Waals surface area contributed by atoms with E-state index in [1.54, 1.807) is 34.9 Å². The van der Waals surface area contributed by atoms with Crippen molar-refractivity contribution >= 4 is 34.9 Å². The van der Waals surface area contributed by atoms with E-state index in [0.29, 0.717) is 17.5 Å². The van der Waals surface area contributed by atoms with Crippen LogP contribution in [0, 0.1) is 6.92 Å². The van der Waals surface area contributed by atoms with Gasteiger partial charge in [0.25, 0.3) is 5.89 Å². The third-order valence-corrected chi connectivity index (χ3v) is 5.65. The van der Waals surface area contributed by atoms with Crippen LogP contribution in [-0.4, -0.2) is 26.6 Å². The van der Waals surface area contributed by atoms with E-state index in [2.05, 4.69) is 20.3 Å². The highest BCUT2D eigenvalue weighted by molar-refractivity contribution is 8.02. The number of benzene rings is 1. The fourth-order valence-electron chi connectivity index (χ4n) is 1.67. The second-order valence-electron chi connectivity index (χ2n) is 4.21. The molecule has 0 N–H and O–H groups in total. The lowest BCUT2D eigenvalue weighted by Gasteiger charge is -1.95. The van der Waals surface area contributed by atoms with Crippen molar-refractivity contribution < 1.29 is 4.52 Å². The van der Waals surface area contributed by atoms with Crippen LogP contribution in [0.1, 0.15) is 11.4 Å². The summed E-state index contributed by atoms with van der Waals surface area (Å²) >= 11 is 4.74. The molecule has 0 radical (unpaired) electrons. The summed E-state index contributed by atoms with van der Waals surface area (Å²) in [7, 11) is 0. The first kappa shape index (κ1) is 14.6. The van der Waals surface area contributed by atoms with Crippen molar-refractivity contribution in [2.24, 2.45) is 0 Å². The molecule has 0 fully saturated rings. The highest BCUT2D eigenvalue weighted by Gasteiger charge is 2.11. The van der Waals surface area contributed by atoms with E-state index in [4.69, 9.17) is 4.52 Å². The molecule has 8 heteroatoms. The maximum atomic E-state index is 5.31. The van der Waals surface area contributed by atoms with Gasteiger partial charge in [-0.2, -0.15) is 4.98 Å². The Bertz CT molecular complexity index is 740. The molecule has 1 aromatic carbocycles. The van der Waals surface area contributed by atoms with Gasteiger partial charge in [0.15, 0.2) is 14.5 Å². The maximum Gasteiger partial charge on any atom is 0.257 e. The van der Waals surface area contributed by atoms with Crippen LogP contribution in [0.4, 0.5) is 0 Å². The first-order chi connectivity index (χ1) is 10.2. The van der Waals surface area contributed by atoms with Crippen LogP contribution in [0.3, 0.4) is 0 Å². The van der Waals surface area contributed by atoms with Gasteiger partial charge in [-0.05, 0) is 25.3 Å². The van der Waals surface area contributed by atoms with E-state index < -0.39 is 0 Å². The number of rotatable bonds is 5. The van der Waals surface area contributed by atoms with Gasteiger partial charge in [0.2, 0.25) is 0 Å². The Labute approximate surface area is 134 Å². The number of aromatic nitrogens is 4. The standard InChI is InChI=1S/C13H12N4OS3/c1-8-4-3-5-9(6-8)11-14-10(17-18-11)7-20-13-16-15-12(19-2)21-13/h3-6H,7H2,1-2H3. The van der Waals surface area contributed by atoms with Gasteiger partial charge in [-0.1, -0.05) is 57.7 Å². The van der Waals surface area contributed by atoms with Crippen LogP contribution in [0.15, 0.2) is 37.5 Å². The van der Waals surface area contributed by atoms with Crippen molar-refractivity contribution in [2.75, 3.05) is 6.26 Å². The van der Waals surface area contributed by atoms with Gasteiger partial charge in [-0.25, -0.2) is 0 Å². The molecule has 3 aromatic rings. The second kappa shape index (κ2) is 6.59. The SMILES string of the molecule is CSc1nnc(SCc2noc(-c3cccc(C)c3)n2)s1. The van der Waals surface area contributed by atoms with Gasteiger partial charge in [0, 0.05) is 5.56 Å². The topological polar surface area (TPSA) is 64.7 Å². The summed E-state index contributed by atoms with van der Waals surface area (Å²) < 4.78 is 7.19. The third-order valence-electron chi connectivity index (χ3n) is 2.62. The molecule has 0 aliphatic rings. The normalized spacial score (nSPS) is 11.0. The first-order valence-electron chi connectivity index (χ1n) is 6.14. The van der Waals surface area contributed by atoms with Crippen molar-refractivity contribution in [3.63, 3.8) is 0 Å². The highest BCUT2D eigenvalue weighted by atomic mass is 32.2. The molecule has 0 saturated carbocycles. The largest absolute Gasteiger partial charge is 0.334 e. The molecule has 21 heavy (non-hydrogen) atoms. The van der Waals surface area contributed by atoms with Gasteiger partial charge in [-0.15, -0.1) is 10.2 Å². The van der Waals surface area contributed by atoms with Crippen LogP contribution >= 0.6 is 34.9 Å². The lowest BCUT2D eigenvalue weighted by atomic mass is 10.1. The predicted octanol–water partition coefficient (Wildman–Crippen LogP) is 3.91. The van der Waals surface area contributed by atoms with Gasteiger partial charge < -0.3 is 4.52 Å². The quantitative estimate of drug-likeness (QED) is 0.654. The Morgan fingerprint density at radius 3 is 2.86 bits per heavy atom. The summed E-state index contributed by atoms with van der Waals surface area (Å²) in [6.45, 7) is 2.04. The fraction of sp³-hybridized carbons (Fsp3) is 0.231. The molecule has 2 heterocycles. The minimum absolute atomic E-state index is 0.552. The number of hydrogen-bond acceptors (Lipinski definition) is 8. The van der Waals surface area contributed by atoms with E-state index >= 15 is 0 Å². The summed E-state index contributed by atoms with van der Waals surface area (Å²) in [5, 5.41) is 12.2. The van der Waals surface area contributed by atoms with E-state index in [0.717, 1.165) is 14.2 Å². The zero-order valence-corrected chi connectivity index (χ0v) is 13.9. The van der Waals surface area contributed by atoms with Gasteiger partial charge >= 0.3 is 0 Å². The Morgan fingerprint density at radius 2 is 2.10 bits per heavy atom. The molecule has 0 spiro atoms. The third kappa shape index (κ3) is 3.63. The summed E-state index contributed by atoms with van der Waals surface area (Å²) in [6.07, 6.45) is 1.99.